The molecule has 146 valence electrons. The molecule has 0 unspecified atom stereocenters. The first-order valence-corrected chi connectivity index (χ1v) is 8.89. The Kier molecular flexibility index (Phi) is 7.65. The van der Waals surface area contributed by atoms with E-state index in [1.807, 2.05) is 18.2 Å². The summed E-state index contributed by atoms with van der Waals surface area (Å²) >= 11 is 0. The van der Waals surface area contributed by atoms with Crippen LogP contribution in [0.5, 0.6) is 5.75 Å². The Morgan fingerprint density at radius 3 is 2.21 bits per heavy atom. The van der Waals surface area contributed by atoms with E-state index in [-0.39, 0.29) is 18.2 Å². The van der Waals surface area contributed by atoms with Crippen LogP contribution in [-0.4, -0.2) is 49.2 Å². The maximum absolute atomic E-state index is 12.4. The summed E-state index contributed by atoms with van der Waals surface area (Å²) in [7, 11) is 1.76. The Labute approximate surface area is 164 Å². The summed E-state index contributed by atoms with van der Waals surface area (Å²) in [6, 6.07) is 15.4. The SMILES string of the molecule is C=C(C)C(=O)NCCN(C)CC(=O)Oc1ccc(C(=O)c2ccccc2)cc1. The van der Waals surface area contributed by atoms with Crippen molar-refractivity contribution in [3.63, 3.8) is 0 Å². The second-order valence-electron chi connectivity index (χ2n) is 6.47. The van der Waals surface area contributed by atoms with E-state index in [0.717, 1.165) is 0 Å². The van der Waals surface area contributed by atoms with E-state index in [0.29, 0.717) is 35.5 Å². The number of ether oxygens (including phenoxy) is 1. The zero-order chi connectivity index (χ0) is 20.5. The minimum Gasteiger partial charge on any atom is -0.426 e. The van der Waals surface area contributed by atoms with Gasteiger partial charge in [0, 0.05) is 29.8 Å². The number of benzene rings is 2. The second kappa shape index (κ2) is 10.2. The molecule has 0 heterocycles. The van der Waals surface area contributed by atoms with E-state index in [1.54, 1.807) is 55.3 Å². The number of likely N-dealkylation sites (N-methyl/N-ethyl adjacent to an activating group) is 1. The fraction of sp³-hybridized carbons (Fsp3) is 0.227. The summed E-state index contributed by atoms with van der Waals surface area (Å²) in [6.45, 7) is 6.18. The van der Waals surface area contributed by atoms with Crippen LogP contribution in [0.4, 0.5) is 0 Å². The van der Waals surface area contributed by atoms with Gasteiger partial charge in [-0.3, -0.25) is 19.3 Å². The van der Waals surface area contributed by atoms with E-state index in [9.17, 15) is 14.4 Å². The number of hydrogen-bond acceptors (Lipinski definition) is 5. The number of hydrogen-bond donors (Lipinski definition) is 1. The number of amides is 1. The predicted molar refractivity (Wildman–Crippen MR) is 107 cm³/mol. The van der Waals surface area contributed by atoms with Crippen molar-refractivity contribution >= 4 is 17.7 Å². The van der Waals surface area contributed by atoms with Crippen LogP contribution in [0.1, 0.15) is 22.8 Å². The van der Waals surface area contributed by atoms with Crippen LogP contribution >= 0.6 is 0 Å². The van der Waals surface area contributed by atoms with Crippen molar-refractivity contribution in [2.75, 3.05) is 26.7 Å². The van der Waals surface area contributed by atoms with Gasteiger partial charge in [0.15, 0.2) is 5.78 Å². The molecular formula is C22H24N2O4. The molecule has 0 saturated heterocycles. The zero-order valence-corrected chi connectivity index (χ0v) is 16.1. The molecule has 0 aliphatic rings. The lowest BCUT2D eigenvalue weighted by molar-refractivity contribution is -0.135. The summed E-state index contributed by atoms with van der Waals surface area (Å²) in [5.41, 5.74) is 1.57. The van der Waals surface area contributed by atoms with Crippen LogP contribution in [0.25, 0.3) is 0 Å². The van der Waals surface area contributed by atoms with E-state index >= 15 is 0 Å². The van der Waals surface area contributed by atoms with Crippen LogP contribution in [0, 0.1) is 0 Å². The highest BCUT2D eigenvalue weighted by Crippen LogP contribution is 2.15. The lowest BCUT2D eigenvalue weighted by atomic mass is 10.0. The van der Waals surface area contributed by atoms with Crippen LogP contribution in [0.15, 0.2) is 66.7 Å². The van der Waals surface area contributed by atoms with Gasteiger partial charge in [-0.1, -0.05) is 36.9 Å². The van der Waals surface area contributed by atoms with Gasteiger partial charge < -0.3 is 10.1 Å². The molecule has 28 heavy (non-hydrogen) atoms. The number of carbonyl (C=O) groups excluding carboxylic acids is 3. The van der Waals surface area contributed by atoms with Gasteiger partial charge in [-0.25, -0.2) is 0 Å². The van der Waals surface area contributed by atoms with Crippen molar-refractivity contribution in [2.45, 2.75) is 6.92 Å². The zero-order valence-electron chi connectivity index (χ0n) is 16.1. The molecule has 2 rings (SSSR count). The number of rotatable bonds is 9. The van der Waals surface area contributed by atoms with Gasteiger partial charge in [-0.15, -0.1) is 0 Å². The first-order chi connectivity index (χ1) is 13.4. The Morgan fingerprint density at radius 1 is 1.00 bits per heavy atom. The largest absolute Gasteiger partial charge is 0.426 e. The average Bonchev–Trinajstić information content (AvgIpc) is 2.68. The number of esters is 1. The second-order valence-corrected chi connectivity index (χ2v) is 6.47. The van der Waals surface area contributed by atoms with E-state index < -0.39 is 5.97 Å². The molecule has 6 nitrogen and oxygen atoms in total. The molecule has 2 aromatic rings. The summed E-state index contributed by atoms with van der Waals surface area (Å²) in [4.78, 5) is 37.6. The van der Waals surface area contributed by atoms with Crippen LogP contribution in [0.2, 0.25) is 0 Å². The van der Waals surface area contributed by atoms with Gasteiger partial charge >= 0.3 is 5.97 Å². The van der Waals surface area contributed by atoms with E-state index in [1.165, 1.54) is 0 Å². The Morgan fingerprint density at radius 2 is 1.61 bits per heavy atom. The molecule has 6 heteroatoms. The lowest BCUT2D eigenvalue weighted by Crippen LogP contribution is -2.36. The van der Waals surface area contributed by atoms with Gasteiger partial charge in [-0.2, -0.15) is 0 Å². The van der Waals surface area contributed by atoms with Gasteiger partial charge in [0.05, 0.1) is 6.54 Å². The normalized spacial score (nSPS) is 10.4. The molecule has 1 N–H and O–H groups in total. The number of nitrogens with one attached hydrogen (secondary N) is 1. The first-order valence-electron chi connectivity index (χ1n) is 8.89. The van der Waals surface area contributed by atoms with E-state index in [4.69, 9.17) is 4.74 Å². The topological polar surface area (TPSA) is 75.7 Å². The van der Waals surface area contributed by atoms with Gasteiger partial charge in [0.2, 0.25) is 5.91 Å². The standard InChI is InChI=1S/C22H24N2O4/c1-16(2)22(27)23-13-14-24(3)15-20(25)28-19-11-9-18(10-12-19)21(26)17-7-5-4-6-8-17/h4-12H,1,13-15H2,2-3H3,(H,23,27). The van der Waals surface area contributed by atoms with Crippen molar-refractivity contribution in [3.8, 4) is 5.75 Å². The highest BCUT2D eigenvalue weighted by atomic mass is 16.5. The summed E-state index contributed by atoms with van der Waals surface area (Å²) < 4.78 is 5.30. The molecule has 2 aromatic carbocycles. The highest BCUT2D eigenvalue weighted by Gasteiger charge is 2.12. The lowest BCUT2D eigenvalue weighted by Gasteiger charge is -2.16. The smallest absolute Gasteiger partial charge is 0.325 e. The highest BCUT2D eigenvalue weighted by molar-refractivity contribution is 6.09. The fourth-order valence-corrected chi connectivity index (χ4v) is 2.40. The Balaban J connectivity index is 1.81. The average molecular weight is 380 g/mol. The van der Waals surface area contributed by atoms with Crippen molar-refractivity contribution < 1.29 is 19.1 Å². The third-order valence-electron chi connectivity index (χ3n) is 3.95. The van der Waals surface area contributed by atoms with Gasteiger partial charge in [-0.05, 0) is 38.2 Å². The van der Waals surface area contributed by atoms with Crippen LogP contribution in [0.3, 0.4) is 0 Å². The quantitative estimate of drug-likeness (QED) is 0.313. The summed E-state index contributed by atoms with van der Waals surface area (Å²) in [5.74, 6) is -0.342. The number of nitrogens with zero attached hydrogens (tertiary/aromatic N) is 1. The fourth-order valence-electron chi connectivity index (χ4n) is 2.40. The molecule has 1 amide bonds. The Bertz CT molecular complexity index is 845. The van der Waals surface area contributed by atoms with E-state index in [2.05, 4.69) is 11.9 Å². The maximum Gasteiger partial charge on any atom is 0.325 e. The molecule has 0 fully saturated rings. The molecule has 0 aromatic heterocycles. The maximum atomic E-state index is 12.4. The molecule has 0 bridgehead atoms. The summed E-state index contributed by atoms with van der Waals surface area (Å²) in [5, 5.41) is 2.70. The number of ketones is 1. The number of carbonyl (C=O) groups is 3. The third-order valence-corrected chi connectivity index (χ3v) is 3.95. The van der Waals surface area contributed by atoms with Gasteiger partial charge in [0.1, 0.15) is 5.75 Å². The molecular weight excluding hydrogens is 356 g/mol. The van der Waals surface area contributed by atoms with Crippen LogP contribution in [-0.2, 0) is 9.59 Å². The van der Waals surface area contributed by atoms with Gasteiger partial charge in [0.25, 0.3) is 0 Å². The predicted octanol–water partition coefficient (Wildman–Crippen LogP) is 2.45. The van der Waals surface area contributed by atoms with Crippen molar-refractivity contribution in [1.82, 2.24) is 10.2 Å². The minimum atomic E-state index is -0.420. The molecule has 0 radical (unpaired) electrons. The van der Waals surface area contributed by atoms with Crippen molar-refractivity contribution in [1.29, 1.82) is 0 Å². The molecule has 0 atom stereocenters. The monoisotopic (exact) mass is 380 g/mol. The Hall–Kier alpha value is -3.25. The molecule has 0 aliphatic carbocycles. The molecule has 0 aliphatic heterocycles. The minimum absolute atomic E-state index is 0.0770. The summed E-state index contributed by atoms with van der Waals surface area (Å²) in [6.07, 6.45) is 0. The van der Waals surface area contributed by atoms with Crippen molar-refractivity contribution in [2.24, 2.45) is 0 Å². The van der Waals surface area contributed by atoms with Crippen molar-refractivity contribution in [3.05, 3.63) is 77.9 Å². The van der Waals surface area contributed by atoms with Crippen LogP contribution < -0.4 is 10.1 Å². The first kappa shape index (κ1) is 21.1. The molecule has 0 spiro atoms. The third kappa shape index (κ3) is 6.48. The molecule has 0 saturated carbocycles.